The Morgan fingerprint density at radius 1 is 0.259 bits per heavy atom. The minimum absolute atomic E-state index is 0.324. The minimum Gasteiger partial charge on any atom is -0.217 e. The van der Waals surface area contributed by atoms with Crippen LogP contribution < -0.4 is 0 Å². The van der Waals surface area contributed by atoms with Gasteiger partial charge in [0.15, 0.2) is 29.1 Å². The van der Waals surface area contributed by atoms with E-state index in [1.807, 2.05) is 60.7 Å². The van der Waals surface area contributed by atoms with Crippen molar-refractivity contribution in [3.05, 3.63) is 126 Å². The lowest BCUT2D eigenvalue weighted by molar-refractivity contribution is 0.497. The van der Waals surface area contributed by atoms with Crippen LogP contribution in [0.2, 0.25) is 0 Å². The van der Waals surface area contributed by atoms with Crippen molar-refractivity contribution in [1.82, 2.24) is 44.9 Å². The fourth-order valence-electron chi connectivity index (χ4n) is 6.26. The van der Waals surface area contributed by atoms with Gasteiger partial charge in [0.2, 0.25) is 0 Å². The Morgan fingerprint density at radius 2 is 0.552 bits per heavy atom. The second-order valence-electron chi connectivity index (χ2n) is 19.0. The first kappa shape index (κ1) is 40.1. The fraction of sp³-hybridized carbons (Fsp3) is 0.327. The van der Waals surface area contributed by atoms with Crippen LogP contribution in [0.15, 0.2) is 103 Å². The average Bonchev–Trinajstić information content (AvgIpc) is 3.19. The average molecular weight is 768 g/mol. The number of nitrogens with zero attached hydrogens (tertiary/aromatic N) is 9. The van der Waals surface area contributed by atoms with Crippen molar-refractivity contribution < 1.29 is 0 Å². The molecule has 0 aliphatic rings. The van der Waals surface area contributed by atoms with Crippen LogP contribution in [0.25, 0.3) is 68.1 Å². The smallest absolute Gasteiger partial charge is 0.164 e. The largest absolute Gasteiger partial charge is 0.217 e. The minimum atomic E-state index is -0.383. The highest BCUT2D eigenvalue weighted by Crippen LogP contribution is 2.36. The molecule has 0 amide bonds. The molecule has 0 atom stereocenters. The van der Waals surface area contributed by atoms with Gasteiger partial charge in [0.05, 0.1) is 0 Å². The van der Waals surface area contributed by atoms with Crippen molar-refractivity contribution in [3.8, 4) is 68.1 Å². The van der Waals surface area contributed by atoms with Gasteiger partial charge in [-0.05, 0) is 29.3 Å². The zero-order valence-corrected chi connectivity index (χ0v) is 35.8. The molecule has 0 spiro atoms. The van der Waals surface area contributed by atoms with E-state index in [1.165, 1.54) is 0 Å². The van der Waals surface area contributed by atoms with Gasteiger partial charge in [-0.25, -0.2) is 44.9 Å². The highest BCUT2D eigenvalue weighted by Gasteiger charge is 2.28. The van der Waals surface area contributed by atoms with Gasteiger partial charge in [-0.15, -0.1) is 0 Å². The maximum Gasteiger partial charge on any atom is 0.164 e. The van der Waals surface area contributed by atoms with E-state index in [4.69, 9.17) is 44.9 Å². The van der Waals surface area contributed by atoms with Gasteiger partial charge in [-0.3, -0.25) is 0 Å². The zero-order chi connectivity index (χ0) is 41.6. The highest BCUT2D eigenvalue weighted by atomic mass is 15.1. The van der Waals surface area contributed by atoms with E-state index in [0.29, 0.717) is 52.4 Å². The Balaban J connectivity index is 1.54. The molecule has 7 aromatic rings. The van der Waals surface area contributed by atoms with E-state index >= 15 is 0 Å². The van der Waals surface area contributed by atoms with Crippen molar-refractivity contribution in [1.29, 1.82) is 0 Å². The van der Waals surface area contributed by atoms with Gasteiger partial charge >= 0.3 is 0 Å². The van der Waals surface area contributed by atoms with E-state index in [1.54, 1.807) is 0 Å². The summed E-state index contributed by atoms with van der Waals surface area (Å²) in [7, 11) is 0. The van der Waals surface area contributed by atoms with Gasteiger partial charge in [-0.1, -0.05) is 168 Å². The van der Waals surface area contributed by atoms with Crippen molar-refractivity contribution >= 4 is 0 Å². The molecule has 7 rings (SSSR count). The summed E-state index contributed by atoms with van der Waals surface area (Å²) in [4.78, 5) is 46.0. The summed E-state index contributed by atoms with van der Waals surface area (Å²) in [5.41, 5.74) is 4.85. The van der Waals surface area contributed by atoms with Crippen LogP contribution in [0.4, 0.5) is 0 Å². The van der Waals surface area contributed by atoms with Crippen molar-refractivity contribution in [2.75, 3.05) is 0 Å². The lowest BCUT2D eigenvalue weighted by Crippen LogP contribution is -2.24. The Labute approximate surface area is 343 Å². The van der Waals surface area contributed by atoms with Crippen LogP contribution in [-0.4, -0.2) is 44.9 Å². The van der Waals surface area contributed by atoms with Crippen molar-refractivity contribution in [3.63, 3.8) is 0 Å². The van der Waals surface area contributed by atoms with E-state index in [2.05, 4.69) is 126 Å². The lowest BCUT2D eigenvalue weighted by atomic mass is 9.92. The molecule has 9 heteroatoms. The molecule has 0 bridgehead atoms. The molecule has 294 valence electrons. The summed E-state index contributed by atoms with van der Waals surface area (Å²) in [5, 5.41) is 0. The maximum atomic E-state index is 5.25. The third-order valence-electron chi connectivity index (χ3n) is 9.58. The van der Waals surface area contributed by atoms with E-state index in [0.717, 1.165) is 38.9 Å². The molecule has 0 fully saturated rings. The quantitative estimate of drug-likeness (QED) is 0.163. The standard InChI is InChI=1S/C49H53N9/c1-46(2,3)42-52-37(31-23-17-14-18-24-31)50-38(53-42)32-27-33(29-34(28-32)40-55-44(48(7,8)9)58-45(56-40)49(10,11)12)39-51-41(57-43(54-39)47(4,5)6)36-26-20-19-25-35(36)30-21-15-13-16-22-30/h13-29H,1-12H3. The Hall–Kier alpha value is -6.09. The Kier molecular flexibility index (Phi) is 10.4. The molecule has 0 saturated heterocycles. The first-order valence-electron chi connectivity index (χ1n) is 19.9. The second kappa shape index (κ2) is 15.0. The summed E-state index contributed by atoms with van der Waals surface area (Å²) in [5.74, 6) is 5.59. The van der Waals surface area contributed by atoms with Crippen LogP contribution in [0.5, 0.6) is 0 Å². The zero-order valence-electron chi connectivity index (χ0n) is 35.8. The molecule has 0 N–H and O–H groups in total. The summed E-state index contributed by atoms with van der Waals surface area (Å²) >= 11 is 0. The topological polar surface area (TPSA) is 116 Å². The van der Waals surface area contributed by atoms with Crippen molar-refractivity contribution in [2.24, 2.45) is 0 Å². The van der Waals surface area contributed by atoms with Crippen LogP contribution in [0.1, 0.15) is 106 Å². The molecule has 3 aromatic heterocycles. The van der Waals surface area contributed by atoms with Crippen molar-refractivity contribution in [2.45, 2.75) is 105 Å². The molecule has 0 saturated carbocycles. The number of rotatable bonds is 6. The van der Waals surface area contributed by atoms with Gasteiger partial charge in [0.1, 0.15) is 23.3 Å². The summed E-state index contributed by atoms with van der Waals surface area (Å²) in [6, 6.07) is 34.8. The number of benzene rings is 4. The van der Waals surface area contributed by atoms with Crippen LogP contribution in [-0.2, 0) is 21.7 Å². The van der Waals surface area contributed by atoms with Gasteiger partial charge in [-0.2, -0.15) is 0 Å². The van der Waals surface area contributed by atoms with E-state index in [9.17, 15) is 0 Å². The number of hydrogen-bond acceptors (Lipinski definition) is 9. The lowest BCUT2D eigenvalue weighted by Gasteiger charge is -2.23. The molecule has 0 radical (unpaired) electrons. The number of aromatic nitrogens is 9. The van der Waals surface area contributed by atoms with Crippen LogP contribution in [0, 0.1) is 0 Å². The first-order chi connectivity index (χ1) is 27.2. The molecule has 3 heterocycles. The summed E-state index contributed by atoms with van der Waals surface area (Å²) in [6.45, 7) is 25.4. The second-order valence-corrected chi connectivity index (χ2v) is 19.0. The Bertz CT molecular complexity index is 2560. The molecule has 4 aromatic carbocycles. The molecule has 0 aliphatic heterocycles. The normalized spacial score (nSPS) is 12.5. The Morgan fingerprint density at radius 3 is 0.966 bits per heavy atom. The maximum absolute atomic E-state index is 5.25. The van der Waals surface area contributed by atoms with Gasteiger partial charge in [0, 0.05) is 49.5 Å². The molecule has 0 aliphatic carbocycles. The predicted octanol–water partition coefficient (Wildman–Crippen LogP) is 11.4. The third-order valence-corrected chi connectivity index (χ3v) is 9.58. The monoisotopic (exact) mass is 767 g/mol. The highest BCUT2D eigenvalue weighted by molar-refractivity contribution is 5.82. The molecule has 9 nitrogen and oxygen atoms in total. The number of hydrogen-bond donors (Lipinski definition) is 0. The summed E-state index contributed by atoms with van der Waals surface area (Å²) < 4.78 is 0. The van der Waals surface area contributed by atoms with Crippen LogP contribution in [0.3, 0.4) is 0 Å². The predicted molar refractivity (Wildman–Crippen MR) is 234 cm³/mol. The van der Waals surface area contributed by atoms with E-state index < -0.39 is 0 Å². The fourth-order valence-corrected chi connectivity index (χ4v) is 6.26. The van der Waals surface area contributed by atoms with Gasteiger partial charge < -0.3 is 0 Å². The van der Waals surface area contributed by atoms with Crippen LogP contribution >= 0.6 is 0 Å². The molecular weight excluding hydrogens is 715 g/mol. The molecule has 0 unspecified atom stereocenters. The SMILES string of the molecule is CC(C)(C)c1nc(-c2ccccc2)nc(-c2cc(-c3nc(-c4ccccc4-c4ccccc4)nc(C(C)(C)C)n3)cc(-c3nc(C(C)(C)C)nc(C(C)(C)C)n3)c2)n1. The third kappa shape index (κ3) is 8.74. The first-order valence-corrected chi connectivity index (χ1v) is 19.9. The molecular formula is C49H53N9. The van der Waals surface area contributed by atoms with E-state index in [-0.39, 0.29) is 21.7 Å². The van der Waals surface area contributed by atoms with Gasteiger partial charge in [0.25, 0.3) is 0 Å². The summed E-state index contributed by atoms with van der Waals surface area (Å²) in [6.07, 6.45) is 0. The molecule has 58 heavy (non-hydrogen) atoms.